The van der Waals surface area contributed by atoms with Crippen molar-refractivity contribution in [1.82, 2.24) is 15.2 Å². The standard InChI is InChI=1S/C34H32N4O3/c1-22-12-13-28-26(16-22)19-27-20-34(31(39)36-33(41)38(32(34)40)21-24-10-6-3-7-11-24)29-18-25(14-15-37(29)30(27)35-28)17-23-8-4-2-5-9-23/h2-13,16,19,25,29H,14-15,17-18,20-21H2,1H3,(H,36,39,41)/t25-,29-,34-/m1/s1. The van der Waals surface area contributed by atoms with Gasteiger partial charge in [-0.3, -0.25) is 19.8 Å². The molecular weight excluding hydrogens is 512 g/mol. The molecule has 41 heavy (non-hydrogen) atoms. The van der Waals surface area contributed by atoms with Crippen LogP contribution < -0.4 is 10.2 Å². The Hall–Kier alpha value is -4.52. The lowest BCUT2D eigenvalue weighted by Crippen LogP contribution is -2.73. The fourth-order valence-corrected chi connectivity index (χ4v) is 7.08. The van der Waals surface area contributed by atoms with Gasteiger partial charge in [-0.05, 0) is 67.0 Å². The number of hydrogen-bond acceptors (Lipinski definition) is 5. The van der Waals surface area contributed by atoms with E-state index < -0.39 is 29.3 Å². The molecule has 0 bridgehead atoms. The van der Waals surface area contributed by atoms with Gasteiger partial charge in [-0.1, -0.05) is 72.3 Å². The van der Waals surface area contributed by atoms with Crippen LogP contribution >= 0.6 is 0 Å². The Kier molecular flexibility index (Phi) is 6.11. The van der Waals surface area contributed by atoms with Gasteiger partial charge in [-0.15, -0.1) is 0 Å². The van der Waals surface area contributed by atoms with Crippen LogP contribution in [0, 0.1) is 18.3 Å². The summed E-state index contributed by atoms with van der Waals surface area (Å²) in [7, 11) is 0. The second kappa shape index (κ2) is 9.84. The van der Waals surface area contributed by atoms with Crippen LogP contribution in [0.4, 0.5) is 10.6 Å². The first-order chi connectivity index (χ1) is 19.9. The second-order valence-corrected chi connectivity index (χ2v) is 11.7. The largest absolute Gasteiger partial charge is 0.352 e. The molecule has 2 fully saturated rings. The number of carbonyl (C=O) groups is 3. The first-order valence-electron chi connectivity index (χ1n) is 14.3. The van der Waals surface area contributed by atoms with E-state index in [0.29, 0.717) is 18.9 Å². The number of nitrogens with zero attached hydrogens (tertiary/aromatic N) is 3. The first-order valence-corrected chi connectivity index (χ1v) is 14.3. The van der Waals surface area contributed by atoms with E-state index in [4.69, 9.17) is 4.98 Å². The van der Waals surface area contributed by atoms with Crippen LogP contribution in [-0.2, 0) is 29.0 Å². The number of barbiturate groups is 1. The lowest BCUT2D eigenvalue weighted by Gasteiger charge is -2.54. The molecule has 1 aromatic heterocycles. The van der Waals surface area contributed by atoms with Crippen molar-refractivity contribution in [3.63, 3.8) is 0 Å². The zero-order valence-electron chi connectivity index (χ0n) is 23.0. The number of aryl methyl sites for hydroxylation is 1. The van der Waals surface area contributed by atoms with E-state index >= 15 is 0 Å². The van der Waals surface area contributed by atoms with Crippen molar-refractivity contribution in [2.45, 2.75) is 45.2 Å². The monoisotopic (exact) mass is 544 g/mol. The number of piperidine rings is 1. The SMILES string of the molecule is Cc1ccc2nc3c(cc2c1)C[C@]1(C(=O)NC(=O)N(Cc2ccccc2)C1=O)[C@H]1C[C@@H](Cc2ccccc2)CCN31. The number of nitrogens with one attached hydrogen (secondary N) is 1. The fourth-order valence-electron chi connectivity index (χ4n) is 7.08. The number of amides is 4. The molecule has 3 aliphatic rings. The smallest absolute Gasteiger partial charge is 0.331 e. The number of rotatable bonds is 4. The Labute approximate surface area is 239 Å². The predicted molar refractivity (Wildman–Crippen MR) is 157 cm³/mol. The van der Waals surface area contributed by atoms with E-state index in [1.54, 1.807) is 0 Å². The fraction of sp³-hybridized carbons (Fsp3) is 0.294. The maximum absolute atomic E-state index is 14.6. The van der Waals surface area contributed by atoms with Gasteiger partial charge in [-0.25, -0.2) is 9.78 Å². The number of carbonyl (C=O) groups excluding carboxylic acids is 3. The summed E-state index contributed by atoms with van der Waals surface area (Å²) in [5.74, 6) is 0.228. The van der Waals surface area contributed by atoms with Gasteiger partial charge in [-0.2, -0.15) is 0 Å². The van der Waals surface area contributed by atoms with Crippen LogP contribution in [0.1, 0.15) is 35.1 Å². The number of aromatic nitrogens is 1. The third-order valence-electron chi connectivity index (χ3n) is 9.10. The van der Waals surface area contributed by atoms with Gasteiger partial charge in [0.25, 0.3) is 0 Å². The van der Waals surface area contributed by atoms with Gasteiger partial charge in [0.1, 0.15) is 5.82 Å². The highest BCUT2D eigenvalue weighted by atomic mass is 16.2. The van der Waals surface area contributed by atoms with E-state index in [9.17, 15) is 14.4 Å². The van der Waals surface area contributed by atoms with Gasteiger partial charge in [0.15, 0.2) is 5.41 Å². The van der Waals surface area contributed by atoms with Gasteiger partial charge in [0.2, 0.25) is 11.8 Å². The average molecular weight is 545 g/mol. The Balaban J connectivity index is 1.33. The summed E-state index contributed by atoms with van der Waals surface area (Å²) in [6.07, 6.45) is 2.67. The summed E-state index contributed by atoms with van der Waals surface area (Å²) in [4.78, 5) is 50.2. The van der Waals surface area contributed by atoms with Gasteiger partial charge in [0, 0.05) is 18.4 Å². The minimum absolute atomic E-state index is 0.114. The number of benzene rings is 3. The van der Waals surface area contributed by atoms with Crippen LogP contribution in [0.25, 0.3) is 10.9 Å². The zero-order valence-corrected chi connectivity index (χ0v) is 23.0. The van der Waals surface area contributed by atoms with Crippen LogP contribution in [0.3, 0.4) is 0 Å². The summed E-state index contributed by atoms with van der Waals surface area (Å²) in [6, 6.07) is 27.0. The lowest BCUT2D eigenvalue weighted by atomic mass is 9.64. The molecule has 7 nitrogen and oxygen atoms in total. The van der Waals surface area contributed by atoms with Crippen LogP contribution in [-0.4, -0.2) is 40.3 Å². The molecule has 0 aliphatic carbocycles. The summed E-state index contributed by atoms with van der Waals surface area (Å²) < 4.78 is 0. The molecule has 3 aliphatic heterocycles. The van der Waals surface area contributed by atoms with E-state index in [1.807, 2.05) is 61.5 Å². The average Bonchev–Trinajstić information content (AvgIpc) is 2.98. The molecule has 0 unspecified atom stereocenters. The molecule has 1 spiro atoms. The molecule has 0 saturated carbocycles. The van der Waals surface area contributed by atoms with E-state index in [0.717, 1.165) is 46.3 Å². The van der Waals surface area contributed by atoms with Crippen molar-refractivity contribution in [1.29, 1.82) is 0 Å². The molecule has 4 amide bonds. The third-order valence-corrected chi connectivity index (χ3v) is 9.10. The number of anilines is 1. The summed E-state index contributed by atoms with van der Waals surface area (Å²) in [5, 5.41) is 3.58. The maximum Gasteiger partial charge on any atom is 0.331 e. The zero-order chi connectivity index (χ0) is 28.1. The Bertz CT molecular complexity index is 1670. The van der Waals surface area contributed by atoms with Crippen molar-refractivity contribution in [3.8, 4) is 0 Å². The van der Waals surface area contributed by atoms with Crippen LogP contribution in [0.2, 0.25) is 0 Å². The Morgan fingerprint density at radius 1 is 0.927 bits per heavy atom. The lowest BCUT2D eigenvalue weighted by molar-refractivity contribution is -0.154. The van der Waals surface area contributed by atoms with Crippen LogP contribution in [0.15, 0.2) is 84.9 Å². The number of imide groups is 2. The van der Waals surface area contributed by atoms with E-state index in [2.05, 4.69) is 40.5 Å². The van der Waals surface area contributed by atoms with Gasteiger partial charge in [0.05, 0.1) is 18.1 Å². The highest BCUT2D eigenvalue weighted by Gasteiger charge is 2.63. The van der Waals surface area contributed by atoms with E-state index in [1.165, 1.54) is 10.5 Å². The molecule has 3 aromatic carbocycles. The highest BCUT2D eigenvalue weighted by Crippen LogP contribution is 2.49. The van der Waals surface area contributed by atoms with E-state index in [-0.39, 0.29) is 13.0 Å². The van der Waals surface area contributed by atoms with Crippen molar-refractivity contribution >= 4 is 34.6 Å². The molecule has 1 N–H and O–H groups in total. The van der Waals surface area contributed by atoms with Gasteiger partial charge < -0.3 is 4.90 Å². The first kappa shape index (κ1) is 25.4. The Morgan fingerprint density at radius 2 is 1.66 bits per heavy atom. The summed E-state index contributed by atoms with van der Waals surface area (Å²) in [5.41, 5.74) is 3.55. The van der Waals surface area contributed by atoms with Crippen molar-refractivity contribution in [2.24, 2.45) is 11.3 Å². The second-order valence-electron chi connectivity index (χ2n) is 11.7. The van der Waals surface area contributed by atoms with Crippen LogP contribution in [0.5, 0.6) is 0 Å². The summed E-state index contributed by atoms with van der Waals surface area (Å²) >= 11 is 0. The topological polar surface area (TPSA) is 82.6 Å². The molecule has 4 heterocycles. The predicted octanol–water partition coefficient (Wildman–Crippen LogP) is 5.19. The number of pyridine rings is 1. The number of hydrogen-bond donors (Lipinski definition) is 1. The third kappa shape index (κ3) is 4.27. The molecule has 7 heteroatoms. The van der Waals surface area contributed by atoms with Crippen molar-refractivity contribution < 1.29 is 14.4 Å². The van der Waals surface area contributed by atoms with Gasteiger partial charge >= 0.3 is 6.03 Å². The Morgan fingerprint density at radius 3 is 2.41 bits per heavy atom. The number of urea groups is 1. The molecule has 0 radical (unpaired) electrons. The van der Waals surface area contributed by atoms with Crippen molar-refractivity contribution in [2.75, 3.05) is 11.4 Å². The summed E-state index contributed by atoms with van der Waals surface area (Å²) in [6.45, 7) is 2.84. The molecule has 3 atom stereocenters. The number of fused-ring (bicyclic) bond motifs is 5. The molecule has 7 rings (SSSR count). The maximum atomic E-state index is 14.6. The molecule has 206 valence electrons. The quantitative estimate of drug-likeness (QED) is 0.358. The minimum atomic E-state index is -1.43. The van der Waals surface area contributed by atoms with Crippen molar-refractivity contribution in [3.05, 3.63) is 107 Å². The minimum Gasteiger partial charge on any atom is -0.352 e. The normalized spacial score (nSPS) is 23.9. The molecule has 2 saturated heterocycles. The highest BCUT2D eigenvalue weighted by molar-refractivity contribution is 6.20. The molecular formula is C34H32N4O3. The molecule has 4 aromatic rings.